The number of hydrogen-bond donors (Lipinski definition) is 1. The lowest BCUT2D eigenvalue weighted by molar-refractivity contribution is -0.128. The van der Waals surface area contributed by atoms with E-state index in [9.17, 15) is 13.2 Å². The van der Waals surface area contributed by atoms with E-state index >= 15 is 0 Å². The van der Waals surface area contributed by atoms with E-state index in [4.69, 9.17) is 0 Å². The summed E-state index contributed by atoms with van der Waals surface area (Å²) in [5.74, 6) is 0.0840. The molecule has 1 fully saturated rings. The van der Waals surface area contributed by atoms with Gasteiger partial charge in [0.1, 0.15) is 6.04 Å². The van der Waals surface area contributed by atoms with E-state index in [0.29, 0.717) is 6.67 Å². The van der Waals surface area contributed by atoms with Crippen molar-refractivity contribution in [2.75, 3.05) is 24.7 Å². The van der Waals surface area contributed by atoms with Crippen molar-refractivity contribution in [3.63, 3.8) is 0 Å². The third-order valence-corrected chi connectivity index (χ3v) is 4.97. The molecule has 0 saturated carbocycles. The van der Waals surface area contributed by atoms with Crippen LogP contribution in [-0.2, 0) is 14.6 Å². The minimum Gasteiger partial charge on any atom is -0.327 e. The largest absolute Gasteiger partial charge is 0.327 e. The van der Waals surface area contributed by atoms with Gasteiger partial charge >= 0.3 is 0 Å². The number of sulfone groups is 1. The summed E-state index contributed by atoms with van der Waals surface area (Å²) in [6, 6.07) is 9.09. The summed E-state index contributed by atoms with van der Waals surface area (Å²) >= 11 is 0. The highest BCUT2D eigenvalue weighted by Crippen LogP contribution is 2.20. The number of benzene rings is 1. The molecule has 1 amide bonds. The number of nitrogens with zero attached hydrogens (tertiary/aromatic N) is 1. The summed E-state index contributed by atoms with van der Waals surface area (Å²) in [6.07, 6.45) is 0. The predicted octanol–water partition coefficient (Wildman–Crippen LogP) is 0.552. The van der Waals surface area contributed by atoms with Crippen molar-refractivity contribution in [3.8, 4) is 0 Å². The van der Waals surface area contributed by atoms with Crippen LogP contribution >= 0.6 is 0 Å². The van der Waals surface area contributed by atoms with Gasteiger partial charge in [-0.3, -0.25) is 10.1 Å². The standard InChI is InChI=1S/C13H18N2O3S/c1-2-19(17,18)9-8-15-10-14-12(13(15)16)11-6-4-3-5-7-11/h3-7,12,14H,2,8-10H2,1H3. The lowest BCUT2D eigenvalue weighted by Gasteiger charge is -2.15. The van der Waals surface area contributed by atoms with Gasteiger partial charge in [-0.05, 0) is 5.56 Å². The molecule has 0 spiro atoms. The zero-order valence-electron chi connectivity index (χ0n) is 10.9. The van der Waals surface area contributed by atoms with Crippen LogP contribution in [0.2, 0.25) is 0 Å². The van der Waals surface area contributed by atoms with Crippen LogP contribution in [0.4, 0.5) is 0 Å². The molecule has 6 heteroatoms. The number of carbonyl (C=O) groups excluding carboxylic acids is 1. The molecular weight excluding hydrogens is 264 g/mol. The Labute approximate surface area is 113 Å². The number of amides is 1. The van der Waals surface area contributed by atoms with Crippen molar-refractivity contribution in [1.29, 1.82) is 0 Å². The van der Waals surface area contributed by atoms with Gasteiger partial charge in [-0.2, -0.15) is 0 Å². The van der Waals surface area contributed by atoms with Gasteiger partial charge in [-0.15, -0.1) is 0 Å². The van der Waals surface area contributed by atoms with Crippen LogP contribution in [0.5, 0.6) is 0 Å². The number of carbonyl (C=O) groups is 1. The van der Waals surface area contributed by atoms with Crippen LogP contribution in [0.3, 0.4) is 0 Å². The molecule has 1 unspecified atom stereocenters. The van der Waals surface area contributed by atoms with E-state index in [-0.39, 0.29) is 30.0 Å². The molecule has 0 aromatic heterocycles. The maximum Gasteiger partial charge on any atom is 0.245 e. The molecule has 0 bridgehead atoms. The topological polar surface area (TPSA) is 66.5 Å². The highest BCUT2D eigenvalue weighted by molar-refractivity contribution is 7.91. The van der Waals surface area contributed by atoms with Gasteiger partial charge in [0.2, 0.25) is 5.91 Å². The minimum atomic E-state index is -3.03. The Bertz CT molecular complexity index is 542. The third-order valence-electron chi connectivity index (χ3n) is 3.29. The second-order valence-electron chi connectivity index (χ2n) is 4.54. The molecule has 5 nitrogen and oxygen atoms in total. The molecule has 1 N–H and O–H groups in total. The van der Waals surface area contributed by atoms with Gasteiger partial charge in [0, 0.05) is 12.3 Å². The summed E-state index contributed by atoms with van der Waals surface area (Å²) in [4.78, 5) is 13.7. The molecule has 104 valence electrons. The number of rotatable bonds is 5. The molecule has 0 radical (unpaired) electrons. The SMILES string of the molecule is CCS(=O)(=O)CCN1CNC(c2ccccc2)C1=O. The summed E-state index contributed by atoms with van der Waals surface area (Å²) in [5.41, 5.74) is 0.911. The number of nitrogens with one attached hydrogen (secondary N) is 1. The van der Waals surface area contributed by atoms with Crippen LogP contribution < -0.4 is 5.32 Å². The zero-order chi connectivity index (χ0) is 13.9. The van der Waals surface area contributed by atoms with E-state index in [0.717, 1.165) is 5.56 Å². The zero-order valence-corrected chi connectivity index (χ0v) is 11.7. The van der Waals surface area contributed by atoms with E-state index in [1.54, 1.807) is 11.8 Å². The van der Waals surface area contributed by atoms with Crippen LogP contribution in [0.15, 0.2) is 30.3 Å². The third kappa shape index (κ3) is 3.33. The summed E-state index contributed by atoms with van der Waals surface area (Å²) < 4.78 is 22.9. The van der Waals surface area contributed by atoms with Crippen LogP contribution in [-0.4, -0.2) is 43.9 Å². The summed E-state index contributed by atoms with van der Waals surface area (Å²) in [7, 11) is -3.03. The second-order valence-corrected chi connectivity index (χ2v) is 7.02. The first-order valence-corrected chi connectivity index (χ1v) is 8.13. The van der Waals surface area contributed by atoms with Crippen molar-refractivity contribution in [3.05, 3.63) is 35.9 Å². The quantitative estimate of drug-likeness (QED) is 0.856. The van der Waals surface area contributed by atoms with Crippen molar-refractivity contribution in [1.82, 2.24) is 10.2 Å². The van der Waals surface area contributed by atoms with E-state index in [1.807, 2.05) is 30.3 Å². The smallest absolute Gasteiger partial charge is 0.245 e. The monoisotopic (exact) mass is 282 g/mol. The lowest BCUT2D eigenvalue weighted by Crippen LogP contribution is -2.32. The average Bonchev–Trinajstić information content (AvgIpc) is 2.79. The van der Waals surface area contributed by atoms with E-state index in [2.05, 4.69) is 5.32 Å². The maximum absolute atomic E-state index is 12.2. The molecule has 0 aliphatic carbocycles. The van der Waals surface area contributed by atoms with Gasteiger partial charge in [-0.1, -0.05) is 37.3 Å². The summed E-state index contributed by atoms with van der Waals surface area (Å²) in [5, 5.41) is 3.11. The first kappa shape index (κ1) is 14.0. The van der Waals surface area contributed by atoms with Crippen molar-refractivity contribution < 1.29 is 13.2 Å². The Morgan fingerprint density at radius 3 is 2.63 bits per heavy atom. The Kier molecular flexibility index (Phi) is 4.21. The molecule has 1 aliphatic rings. The Morgan fingerprint density at radius 1 is 1.32 bits per heavy atom. The van der Waals surface area contributed by atoms with Crippen LogP contribution in [0, 0.1) is 0 Å². The molecule has 1 saturated heterocycles. The van der Waals surface area contributed by atoms with Gasteiger partial charge in [-0.25, -0.2) is 8.42 Å². The number of hydrogen-bond acceptors (Lipinski definition) is 4. The molecule has 1 aliphatic heterocycles. The average molecular weight is 282 g/mol. The highest BCUT2D eigenvalue weighted by Gasteiger charge is 2.32. The van der Waals surface area contributed by atoms with Crippen molar-refractivity contribution in [2.45, 2.75) is 13.0 Å². The Balaban J connectivity index is 1.99. The maximum atomic E-state index is 12.2. The van der Waals surface area contributed by atoms with E-state index in [1.165, 1.54) is 0 Å². The fraction of sp³-hybridized carbons (Fsp3) is 0.462. The fourth-order valence-electron chi connectivity index (χ4n) is 2.04. The molecule has 1 atom stereocenters. The molecule has 19 heavy (non-hydrogen) atoms. The Hall–Kier alpha value is -1.40. The molecule has 1 heterocycles. The normalized spacial score (nSPS) is 19.9. The van der Waals surface area contributed by atoms with Gasteiger partial charge in [0.25, 0.3) is 0 Å². The van der Waals surface area contributed by atoms with Crippen molar-refractivity contribution in [2.24, 2.45) is 0 Å². The molecule has 1 aromatic rings. The van der Waals surface area contributed by atoms with E-state index < -0.39 is 9.84 Å². The van der Waals surface area contributed by atoms with Crippen molar-refractivity contribution >= 4 is 15.7 Å². The second kappa shape index (κ2) is 5.71. The first-order valence-electron chi connectivity index (χ1n) is 6.31. The van der Waals surface area contributed by atoms with Gasteiger partial charge < -0.3 is 4.90 Å². The minimum absolute atomic E-state index is 0.0262. The first-order chi connectivity index (χ1) is 9.03. The molecular formula is C13H18N2O3S. The highest BCUT2D eigenvalue weighted by atomic mass is 32.2. The fourth-order valence-corrected chi connectivity index (χ4v) is 2.83. The predicted molar refractivity (Wildman–Crippen MR) is 73.2 cm³/mol. The summed E-state index contributed by atoms with van der Waals surface area (Å²) in [6.45, 7) is 2.27. The van der Waals surface area contributed by atoms with Crippen LogP contribution in [0.1, 0.15) is 18.5 Å². The molecule has 2 rings (SSSR count). The Morgan fingerprint density at radius 2 is 2.00 bits per heavy atom. The van der Waals surface area contributed by atoms with Gasteiger partial charge in [0.05, 0.1) is 12.4 Å². The van der Waals surface area contributed by atoms with Gasteiger partial charge in [0.15, 0.2) is 9.84 Å². The lowest BCUT2D eigenvalue weighted by atomic mass is 10.1. The molecule has 1 aromatic carbocycles. The van der Waals surface area contributed by atoms with Crippen LogP contribution in [0.25, 0.3) is 0 Å².